The number of rotatable bonds is 3. The van der Waals surface area contributed by atoms with Gasteiger partial charge >= 0.3 is 6.09 Å². The maximum Gasteiger partial charge on any atom is 0.415 e. The van der Waals surface area contributed by atoms with Gasteiger partial charge in [-0.2, -0.15) is 0 Å². The molecule has 3 fully saturated rings. The Bertz CT molecular complexity index is 677. The van der Waals surface area contributed by atoms with E-state index in [1.165, 1.54) is 0 Å². The first kappa shape index (κ1) is 14.3. The third-order valence-electron chi connectivity index (χ3n) is 4.68. The molecule has 1 atom stereocenters. The van der Waals surface area contributed by atoms with E-state index in [0.717, 1.165) is 38.0 Å². The molecule has 2 aromatic rings. The monoisotopic (exact) mass is 313 g/mol. The molecule has 2 aromatic heterocycles. The van der Waals surface area contributed by atoms with Gasteiger partial charge in [-0.1, -0.05) is 0 Å². The van der Waals surface area contributed by atoms with Crippen LogP contribution in [0.25, 0.3) is 11.3 Å². The number of amides is 1. The van der Waals surface area contributed by atoms with Gasteiger partial charge in [0.15, 0.2) is 0 Å². The largest absolute Gasteiger partial charge is 0.425 e. The van der Waals surface area contributed by atoms with E-state index in [4.69, 9.17) is 9.15 Å². The van der Waals surface area contributed by atoms with Crippen molar-refractivity contribution in [2.24, 2.45) is 5.92 Å². The molecule has 5 rings (SSSR count). The SMILES string of the molecule is O=C(N[C@H]1CN2CCC1CC2)Oc1ccc(-c2cccnc2)o1. The summed E-state index contributed by atoms with van der Waals surface area (Å²) in [6, 6.07) is 7.33. The molecule has 3 aliphatic heterocycles. The smallest absolute Gasteiger partial charge is 0.415 e. The summed E-state index contributed by atoms with van der Waals surface area (Å²) in [6.45, 7) is 3.20. The van der Waals surface area contributed by atoms with Crippen LogP contribution in [0.5, 0.6) is 5.95 Å². The number of fused-ring (bicyclic) bond motifs is 3. The number of carbonyl (C=O) groups is 1. The van der Waals surface area contributed by atoms with Crippen LogP contribution >= 0.6 is 0 Å². The lowest BCUT2D eigenvalue weighted by molar-refractivity contribution is 0.0715. The van der Waals surface area contributed by atoms with Crippen LogP contribution in [0, 0.1) is 5.92 Å². The maximum absolute atomic E-state index is 12.1. The molecule has 0 unspecified atom stereocenters. The first-order valence-electron chi connectivity index (χ1n) is 7.99. The summed E-state index contributed by atoms with van der Waals surface area (Å²) in [5, 5.41) is 2.97. The number of carbonyl (C=O) groups excluding carboxylic acids is 1. The number of furan rings is 1. The Morgan fingerprint density at radius 3 is 2.87 bits per heavy atom. The lowest BCUT2D eigenvalue weighted by atomic mass is 9.84. The fourth-order valence-corrected chi connectivity index (χ4v) is 3.44. The number of nitrogens with zero attached hydrogens (tertiary/aromatic N) is 2. The zero-order valence-electron chi connectivity index (χ0n) is 12.8. The van der Waals surface area contributed by atoms with Crippen molar-refractivity contribution in [2.75, 3.05) is 19.6 Å². The molecular weight excluding hydrogens is 294 g/mol. The molecule has 0 saturated carbocycles. The van der Waals surface area contributed by atoms with E-state index in [2.05, 4.69) is 15.2 Å². The molecule has 3 saturated heterocycles. The summed E-state index contributed by atoms with van der Waals surface area (Å²) < 4.78 is 10.8. The van der Waals surface area contributed by atoms with Gasteiger partial charge in [-0.3, -0.25) is 4.98 Å². The van der Waals surface area contributed by atoms with Crippen LogP contribution in [-0.2, 0) is 0 Å². The van der Waals surface area contributed by atoms with E-state index in [1.807, 2.05) is 12.1 Å². The molecule has 6 heteroatoms. The van der Waals surface area contributed by atoms with E-state index in [9.17, 15) is 4.79 Å². The third-order valence-corrected chi connectivity index (χ3v) is 4.68. The Balaban J connectivity index is 1.37. The van der Waals surface area contributed by atoms with Crippen molar-refractivity contribution in [3.63, 3.8) is 0 Å². The molecule has 0 spiro atoms. The number of piperidine rings is 3. The average molecular weight is 313 g/mol. The quantitative estimate of drug-likeness (QED) is 0.943. The first-order valence-corrected chi connectivity index (χ1v) is 7.99. The second-order valence-electron chi connectivity index (χ2n) is 6.14. The Hall–Kier alpha value is -2.34. The number of pyridine rings is 1. The van der Waals surface area contributed by atoms with Crippen LogP contribution in [0.2, 0.25) is 0 Å². The Labute approximate surface area is 134 Å². The fraction of sp³-hybridized carbons (Fsp3) is 0.412. The van der Waals surface area contributed by atoms with E-state index in [-0.39, 0.29) is 12.0 Å². The van der Waals surface area contributed by atoms with E-state index < -0.39 is 6.09 Å². The number of aromatic nitrogens is 1. The van der Waals surface area contributed by atoms with E-state index in [0.29, 0.717) is 11.7 Å². The Morgan fingerprint density at radius 2 is 2.17 bits per heavy atom. The van der Waals surface area contributed by atoms with Crippen LogP contribution in [0.1, 0.15) is 12.8 Å². The highest BCUT2D eigenvalue weighted by molar-refractivity contribution is 5.70. The highest BCUT2D eigenvalue weighted by atomic mass is 16.6. The van der Waals surface area contributed by atoms with Crippen LogP contribution in [-0.4, -0.2) is 41.7 Å². The van der Waals surface area contributed by atoms with Gasteiger partial charge in [-0.05, 0) is 50.0 Å². The van der Waals surface area contributed by atoms with Gasteiger partial charge in [-0.15, -0.1) is 0 Å². The number of hydrogen-bond donors (Lipinski definition) is 1. The zero-order valence-corrected chi connectivity index (χ0v) is 12.8. The normalized spacial score (nSPS) is 26.0. The van der Waals surface area contributed by atoms with Gasteiger partial charge in [0.05, 0.1) is 0 Å². The zero-order chi connectivity index (χ0) is 15.6. The topological polar surface area (TPSA) is 67.6 Å². The molecule has 0 aromatic carbocycles. The van der Waals surface area contributed by atoms with Crippen molar-refractivity contribution in [3.05, 3.63) is 36.7 Å². The van der Waals surface area contributed by atoms with Gasteiger partial charge in [0.2, 0.25) is 0 Å². The molecular formula is C17H19N3O3. The van der Waals surface area contributed by atoms with Crippen LogP contribution in [0.15, 0.2) is 41.1 Å². The molecule has 0 aliphatic carbocycles. The highest BCUT2D eigenvalue weighted by Gasteiger charge is 2.35. The predicted molar refractivity (Wildman–Crippen MR) is 84.1 cm³/mol. The van der Waals surface area contributed by atoms with Crippen molar-refractivity contribution in [1.29, 1.82) is 0 Å². The van der Waals surface area contributed by atoms with Crippen LogP contribution in [0.3, 0.4) is 0 Å². The molecule has 120 valence electrons. The summed E-state index contributed by atoms with van der Waals surface area (Å²) in [5.74, 6) is 1.39. The second kappa shape index (κ2) is 6.04. The molecule has 5 heterocycles. The summed E-state index contributed by atoms with van der Waals surface area (Å²) in [5.41, 5.74) is 0.847. The predicted octanol–water partition coefficient (Wildman–Crippen LogP) is 2.52. The summed E-state index contributed by atoms with van der Waals surface area (Å²) in [4.78, 5) is 18.5. The molecule has 1 amide bonds. The highest BCUT2D eigenvalue weighted by Crippen LogP contribution is 2.28. The lowest BCUT2D eigenvalue weighted by Crippen LogP contribution is -2.57. The van der Waals surface area contributed by atoms with Crippen LogP contribution < -0.4 is 10.1 Å². The minimum atomic E-state index is -0.448. The molecule has 23 heavy (non-hydrogen) atoms. The number of ether oxygens (including phenoxy) is 1. The average Bonchev–Trinajstić information content (AvgIpc) is 3.05. The molecule has 6 nitrogen and oxygen atoms in total. The van der Waals surface area contributed by atoms with Gasteiger partial charge in [0.1, 0.15) is 5.76 Å². The van der Waals surface area contributed by atoms with Gasteiger partial charge < -0.3 is 19.4 Å². The lowest BCUT2D eigenvalue weighted by Gasteiger charge is -2.44. The standard InChI is InChI=1S/C17H19N3O3/c21-17(19-14-11-20-8-5-12(14)6-9-20)23-16-4-3-15(22-16)13-2-1-7-18-10-13/h1-4,7,10,12,14H,5-6,8-9,11H2,(H,19,21)/t14-/m0/s1. The van der Waals surface area contributed by atoms with Gasteiger partial charge in [0, 0.05) is 36.6 Å². The van der Waals surface area contributed by atoms with E-state index >= 15 is 0 Å². The van der Waals surface area contributed by atoms with Crippen molar-refractivity contribution in [1.82, 2.24) is 15.2 Å². The fourth-order valence-electron chi connectivity index (χ4n) is 3.44. The summed E-state index contributed by atoms with van der Waals surface area (Å²) >= 11 is 0. The molecule has 3 aliphatic rings. The summed E-state index contributed by atoms with van der Waals surface area (Å²) in [6.07, 6.45) is 5.25. The van der Waals surface area contributed by atoms with Gasteiger partial charge in [-0.25, -0.2) is 4.79 Å². The minimum Gasteiger partial charge on any atom is -0.425 e. The summed E-state index contributed by atoms with van der Waals surface area (Å²) in [7, 11) is 0. The van der Waals surface area contributed by atoms with Crippen molar-refractivity contribution in [3.8, 4) is 17.3 Å². The second-order valence-corrected chi connectivity index (χ2v) is 6.14. The Kier molecular flexibility index (Phi) is 3.75. The van der Waals surface area contributed by atoms with Crippen molar-refractivity contribution in [2.45, 2.75) is 18.9 Å². The third kappa shape index (κ3) is 3.07. The maximum atomic E-state index is 12.1. The van der Waals surface area contributed by atoms with E-state index in [1.54, 1.807) is 24.5 Å². The molecule has 1 N–H and O–H groups in total. The number of hydrogen-bond acceptors (Lipinski definition) is 5. The van der Waals surface area contributed by atoms with Crippen molar-refractivity contribution < 1.29 is 13.9 Å². The minimum absolute atomic E-state index is 0.178. The van der Waals surface area contributed by atoms with Gasteiger partial charge in [0.25, 0.3) is 5.95 Å². The van der Waals surface area contributed by atoms with Crippen LogP contribution in [0.4, 0.5) is 4.79 Å². The van der Waals surface area contributed by atoms with Crippen molar-refractivity contribution >= 4 is 6.09 Å². The molecule has 0 radical (unpaired) electrons. The first-order chi connectivity index (χ1) is 11.3. The number of nitrogens with one attached hydrogen (secondary N) is 1. The Morgan fingerprint density at radius 1 is 1.30 bits per heavy atom. The molecule has 2 bridgehead atoms.